The number of imide groups is 2. The van der Waals surface area contributed by atoms with E-state index in [1.807, 2.05) is 0 Å². The third-order valence-electron chi connectivity index (χ3n) is 6.03. The number of benzene rings is 4. The second kappa shape index (κ2) is 9.39. The van der Waals surface area contributed by atoms with Gasteiger partial charge in [0.1, 0.15) is 11.1 Å². The molecule has 0 atom stereocenters. The number of anilines is 2. The number of carbonyl (C=O) groups excluding carboxylic acids is 3. The number of fused-ring (bicyclic) bond motifs is 3. The normalized spacial score (nSPS) is 12.3. The van der Waals surface area contributed by atoms with Crippen LogP contribution in [0.4, 0.5) is 27.5 Å². The van der Waals surface area contributed by atoms with Crippen molar-refractivity contribution in [2.24, 2.45) is 0 Å². The van der Waals surface area contributed by atoms with Crippen LogP contribution < -0.4 is 9.80 Å². The maximum absolute atomic E-state index is 14.1. The molecular weight excluding hydrogens is 492 g/mol. The molecule has 0 aromatic heterocycles. The Balaban J connectivity index is 1.77. The molecule has 186 valence electrons. The fourth-order valence-corrected chi connectivity index (χ4v) is 4.36. The molecule has 0 spiro atoms. The molecule has 0 saturated heterocycles. The Hall–Kier alpha value is -5.71. The number of hydrogen-bond donors (Lipinski definition) is 0. The van der Waals surface area contributed by atoms with E-state index in [0.29, 0.717) is 20.9 Å². The molecule has 0 bridgehead atoms. The molecule has 4 aromatic rings. The van der Waals surface area contributed by atoms with Crippen LogP contribution in [0.1, 0.15) is 20.7 Å². The molecule has 38 heavy (non-hydrogen) atoms. The van der Waals surface area contributed by atoms with E-state index in [9.17, 15) is 34.6 Å². The summed E-state index contributed by atoms with van der Waals surface area (Å²) in [7, 11) is 0. The third-order valence-corrected chi connectivity index (χ3v) is 6.03. The van der Waals surface area contributed by atoms with Crippen molar-refractivity contribution in [1.82, 2.24) is 0 Å². The molecule has 1 aliphatic rings. The van der Waals surface area contributed by atoms with Crippen molar-refractivity contribution in [2.45, 2.75) is 0 Å². The summed E-state index contributed by atoms with van der Waals surface area (Å²) in [4.78, 5) is 65.0. The van der Waals surface area contributed by atoms with Gasteiger partial charge < -0.3 is 0 Å². The van der Waals surface area contributed by atoms with E-state index in [4.69, 9.17) is 0 Å². The number of hydrogen-bond acceptors (Lipinski definition) is 7. The number of amides is 4. The highest BCUT2D eigenvalue weighted by Gasteiger charge is 2.41. The first-order chi connectivity index (χ1) is 18.3. The molecule has 5 rings (SSSR count). The summed E-state index contributed by atoms with van der Waals surface area (Å²) in [6, 6.07) is 21.9. The SMILES string of the molecule is O=C(c1ccccc1[N+](=O)[O-])N1C(=O)N(C(=O)c2ccccc2[N+](=O)[O-])c2ccccc2-c2ccccc21. The first kappa shape index (κ1) is 24.0. The summed E-state index contributed by atoms with van der Waals surface area (Å²) in [5, 5.41) is 23.3. The number of nitrogens with zero attached hydrogens (tertiary/aromatic N) is 4. The molecule has 0 fully saturated rings. The molecule has 0 N–H and O–H groups in total. The third kappa shape index (κ3) is 3.84. The van der Waals surface area contributed by atoms with Gasteiger partial charge >= 0.3 is 6.03 Å². The largest absolute Gasteiger partial charge is 0.343 e. The van der Waals surface area contributed by atoms with Crippen molar-refractivity contribution in [1.29, 1.82) is 0 Å². The van der Waals surface area contributed by atoms with Crippen molar-refractivity contribution in [3.63, 3.8) is 0 Å². The van der Waals surface area contributed by atoms with E-state index in [0.717, 1.165) is 12.1 Å². The average molecular weight is 508 g/mol. The topological polar surface area (TPSA) is 144 Å². The predicted molar refractivity (Wildman–Crippen MR) is 137 cm³/mol. The zero-order valence-corrected chi connectivity index (χ0v) is 19.4. The maximum Gasteiger partial charge on any atom is 0.343 e. The lowest BCUT2D eigenvalue weighted by atomic mass is 10.0. The molecule has 1 aliphatic heterocycles. The summed E-state index contributed by atoms with van der Waals surface area (Å²) < 4.78 is 0. The quantitative estimate of drug-likeness (QED) is 0.258. The van der Waals surface area contributed by atoms with E-state index in [-0.39, 0.29) is 22.5 Å². The first-order valence-corrected chi connectivity index (χ1v) is 11.2. The smallest absolute Gasteiger partial charge is 0.268 e. The molecular formula is C27H16N4O7. The van der Waals surface area contributed by atoms with Crippen LogP contribution in [0.15, 0.2) is 97.1 Å². The van der Waals surface area contributed by atoms with Crippen LogP contribution in [0.3, 0.4) is 0 Å². The second-order valence-electron chi connectivity index (χ2n) is 8.15. The number of para-hydroxylation sites is 4. The minimum absolute atomic E-state index is 0.0889. The van der Waals surface area contributed by atoms with Gasteiger partial charge in [0.15, 0.2) is 0 Å². The van der Waals surface area contributed by atoms with Crippen LogP contribution in [0, 0.1) is 20.2 Å². The Morgan fingerprint density at radius 2 is 0.895 bits per heavy atom. The highest BCUT2D eigenvalue weighted by Crippen LogP contribution is 2.43. The van der Waals surface area contributed by atoms with Gasteiger partial charge in [-0.15, -0.1) is 0 Å². The van der Waals surface area contributed by atoms with Gasteiger partial charge in [0, 0.05) is 23.3 Å². The van der Waals surface area contributed by atoms with E-state index in [2.05, 4.69) is 0 Å². The predicted octanol–water partition coefficient (Wildman–Crippen LogP) is 5.60. The number of carbonyl (C=O) groups is 3. The van der Waals surface area contributed by atoms with Gasteiger partial charge in [0.2, 0.25) is 0 Å². The molecule has 0 saturated carbocycles. The number of rotatable bonds is 4. The van der Waals surface area contributed by atoms with Gasteiger partial charge in [-0.1, -0.05) is 60.7 Å². The van der Waals surface area contributed by atoms with Crippen molar-refractivity contribution < 1.29 is 24.2 Å². The van der Waals surface area contributed by atoms with E-state index >= 15 is 0 Å². The maximum atomic E-state index is 14.1. The minimum atomic E-state index is -1.14. The Labute approximate surface area is 214 Å². The summed E-state index contributed by atoms with van der Waals surface area (Å²) in [6.45, 7) is 0. The molecule has 4 aromatic carbocycles. The van der Waals surface area contributed by atoms with E-state index in [1.54, 1.807) is 36.4 Å². The Bertz CT molecular complexity index is 1550. The summed E-state index contributed by atoms with van der Waals surface area (Å²) in [5.41, 5.74) is -0.809. The van der Waals surface area contributed by atoms with Crippen molar-refractivity contribution in [2.75, 3.05) is 9.80 Å². The molecule has 11 nitrogen and oxygen atoms in total. The Morgan fingerprint density at radius 3 is 1.29 bits per heavy atom. The fraction of sp³-hybridized carbons (Fsp3) is 0. The minimum Gasteiger partial charge on any atom is -0.268 e. The van der Waals surface area contributed by atoms with Crippen molar-refractivity contribution in [3.05, 3.63) is 128 Å². The molecule has 11 heteroatoms. The summed E-state index contributed by atoms with van der Waals surface area (Å²) in [5.74, 6) is -2.08. The van der Waals surface area contributed by atoms with Crippen LogP contribution in [0.5, 0.6) is 0 Å². The molecule has 4 amide bonds. The zero-order chi connectivity index (χ0) is 27.0. The van der Waals surface area contributed by atoms with Gasteiger partial charge in [0.05, 0.1) is 21.2 Å². The van der Waals surface area contributed by atoms with Crippen LogP contribution in [-0.4, -0.2) is 27.7 Å². The van der Waals surface area contributed by atoms with E-state index < -0.39 is 39.1 Å². The van der Waals surface area contributed by atoms with Crippen LogP contribution in [-0.2, 0) is 0 Å². The van der Waals surface area contributed by atoms with Gasteiger partial charge in [-0.3, -0.25) is 29.8 Å². The van der Waals surface area contributed by atoms with Crippen LogP contribution in [0.25, 0.3) is 11.1 Å². The highest BCUT2D eigenvalue weighted by atomic mass is 16.6. The average Bonchev–Trinajstić information content (AvgIpc) is 3.04. The fourth-order valence-electron chi connectivity index (χ4n) is 4.36. The van der Waals surface area contributed by atoms with Crippen LogP contribution >= 0.6 is 0 Å². The van der Waals surface area contributed by atoms with Crippen molar-refractivity contribution in [3.8, 4) is 11.1 Å². The highest BCUT2D eigenvalue weighted by molar-refractivity contribution is 6.35. The Kier molecular flexibility index (Phi) is 5.93. The molecule has 0 unspecified atom stereocenters. The molecule has 0 radical (unpaired) electrons. The first-order valence-electron chi connectivity index (χ1n) is 11.2. The number of nitro groups is 2. The second-order valence-corrected chi connectivity index (χ2v) is 8.15. The van der Waals surface area contributed by atoms with Gasteiger partial charge in [-0.2, -0.15) is 0 Å². The number of nitro benzene ring substituents is 2. The number of urea groups is 1. The summed E-state index contributed by atoms with van der Waals surface area (Å²) in [6.07, 6.45) is 0. The van der Waals surface area contributed by atoms with Gasteiger partial charge in [-0.05, 0) is 24.3 Å². The zero-order valence-electron chi connectivity index (χ0n) is 19.4. The monoisotopic (exact) mass is 508 g/mol. The lowest BCUT2D eigenvalue weighted by molar-refractivity contribution is -0.385. The van der Waals surface area contributed by atoms with Crippen molar-refractivity contribution >= 4 is 40.6 Å². The standard InChI is InChI=1S/C27H16N4O7/c32-25(19-11-3-7-15-23(19)30(35)36)28-21-13-5-1-9-17(21)18-10-2-6-14-22(18)29(27(28)34)26(33)20-12-4-8-16-24(20)31(37)38/h1-16H. The van der Waals surface area contributed by atoms with Gasteiger partial charge in [0.25, 0.3) is 23.2 Å². The van der Waals surface area contributed by atoms with Crippen LogP contribution in [0.2, 0.25) is 0 Å². The lowest BCUT2D eigenvalue weighted by Crippen LogP contribution is -2.49. The Morgan fingerprint density at radius 1 is 0.553 bits per heavy atom. The van der Waals surface area contributed by atoms with E-state index in [1.165, 1.54) is 48.5 Å². The lowest BCUT2D eigenvalue weighted by Gasteiger charge is -2.26. The molecule has 0 aliphatic carbocycles. The molecule has 1 heterocycles. The van der Waals surface area contributed by atoms with Gasteiger partial charge in [-0.25, -0.2) is 14.6 Å². The summed E-state index contributed by atoms with van der Waals surface area (Å²) >= 11 is 0.